The molecule has 26 heavy (non-hydrogen) atoms. The fourth-order valence-electron chi connectivity index (χ4n) is 2.86. The molecule has 0 atom stereocenters. The number of aryl methyl sites for hydroxylation is 1. The van der Waals surface area contributed by atoms with Crippen LogP contribution in [0.4, 0.5) is 5.69 Å². The van der Waals surface area contributed by atoms with E-state index in [1.165, 1.54) is 11.3 Å². The van der Waals surface area contributed by atoms with Crippen LogP contribution in [0.25, 0.3) is 31.8 Å². The number of aliphatic carboxylic acids is 1. The molecule has 0 fully saturated rings. The molecule has 0 aliphatic rings. The molecule has 7 heteroatoms. The number of hydrogen-bond donors (Lipinski definition) is 2. The zero-order chi connectivity index (χ0) is 18.3. The summed E-state index contributed by atoms with van der Waals surface area (Å²) in [5.41, 5.74) is 8.21. The fraction of sp³-hybridized carbons (Fsp3) is 0.105. The molecule has 0 unspecified atom stereocenters. The first-order valence-corrected chi connectivity index (χ1v) is 8.77. The quantitative estimate of drug-likeness (QED) is 0.534. The Morgan fingerprint density at radius 2 is 2.04 bits per heavy atom. The summed E-state index contributed by atoms with van der Waals surface area (Å²) in [6.45, 7) is 0. The van der Waals surface area contributed by atoms with Crippen LogP contribution < -0.4 is 11.4 Å². The van der Waals surface area contributed by atoms with Gasteiger partial charge in [0, 0.05) is 11.8 Å². The van der Waals surface area contributed by atoms with Crippen LogP contribution in [-0.4, -0.2) is 16.1 Å². The van der Waals surface area contributed by atoms with E-state index < -0.39 is 11.6 Å². The molecule has 0 aliphatic heterocycles. The molecule has 2 aromatic carbocycles. The van der Waals surface area contributed by atoms with Gasteiger partial charge in [-0.3, -0.25) is 4.79 Å². The van der Waals surface area contributed by atoms with Crippen LogP contribution in [0.15, 0.2) is 51.7 Å². The maximum Gasteiger partial charge on any atom is 0.348 e. The highest BCUT2D eigenvalue weighted by atomic mass is 32.1. The van der Waals surface area contributed by atoms with E-state index in [0.29, 0.717) is 28.1 Å². The average molecular weight is 366 g/mol. The lowest BCUT2D eigenvalue weighted by molar-refractivity contribution is -0.136. The van der Waals surface area contributed by atoms with E-state index in [1.807, 2.05) is 24.3 Å². The van der Waals surface area contributed by atoms with Crippen molar-refractivity contribution >= 4 is 44.2 Å². The SMILES string of the molecule is Nc1c(-c2nc3ccccc3s2)c(=O)oc2cc(CCC(=O)O)ccc12. The van der Waals surface area contributed by atoms with Gasteiger partial charge in [-0.25, -0.2) is 9.78 Å². The van der Waals surface area contributed by atoms with Crippen molar-refractivity contribution in [2.24, 2.45) is 0 Å². The van der Waals surface area contributed by atoms with Crippen molar-refractivity contribution in [1.29, 1.82) is 0 Å². The van der Waals surface area contributed by atoms with Crippen LogP contribution in [-0.2, 0) is 11.2 Å². The highest BCUT2D eigenvalue weighted by Crippen LogP contribution is 2.34. The molecule has 0 saturated heterocycles. The van der Waals surface area contributed by atoms with Crippen molar-refractivity contribution in [3.63, 3.8) is 0 Å². The minimum atomic E-state index is -0.878. The number of aromatic nitrogens is 1. The van der Waals surface area contributed by atoms with Crippen LogP contribution in [0.3, 0.4) is 0 Å². The fourth-order valence-corrected chi connectivity index (χ4v) is 3.87. The maximum absolute atomic E-state index is 12.5. The van der Waals surface area contributed by atoms with Gasteiger partial charge < -0.3 is 15.3 Å². The molecule has 2 aromatic heterocycles. The zero-order valence-corrected chi connectivity index (χ0v) is 14.4. The lowest BCUT2D eigenvalue weighted by Gasteiger charge is -2.07. The van der Waals surface area contributed by atoms with Crippen LogP contribution in [0.5, 0.6) is 0 Å². The molecular formula is C19H14N2O4S. The van der Waals surface area contributed by atoms with E-state index in [0.717, 1.165) is 15.8 Å². The van der Waals surface area contributed by atoms with Gasteiger partial charge in [-0.05, 0) is 36.2 Å². The van der Waals surface area contributed by atoms with Gasteiger partial charge in [0.25, 0.3) is 0 Å². The number of anilines is 1. The second kappa shape index (κ2) is 6.27. The van der Waals surface area contributed by atoms with Crippen molar-refractivity contribution in [3.05, 3.63) is 58.4 Å². The van der Waals surface area contributed by atoms with Gasteiger partial charge in [0.1, 0.15) is 16.2 Å². The summed E-state index contributed by atoms with van der Waals surface area (Å²) in [5, 5.41) is 9.93. The first-order chi connectivity index (χ1) is 12.5. The average Bonchev–Trinajstić information content (AvgIpc) is 3.03. The van der Waals surface area contributed by atoms with Gasteiger partial charge in [0.05, 0.1) is 15.9 Å². The number of thiazole rings is 1. The van der Waals surface area contributed by atoms with E-state index in [1.54, 1.807) is 18.2 Å². The first kappa shape index (κ1) is 16.3. The second-order valence-corrected chi connectivity index (χ2v) is 6.92. The Kier molecular flexibility index (Phi) is 3.93. The smallest absolute Gasteiger partial charge is 0.348 e. The minimum Gasteiger partial charge on any atom is -0.481 e. The van der Waals surface area contributed by atoms with Crippen molar-refractivity contribution in [2.75, 3.05) is 5.73 Å². The van der Waals surface area contributed by atoms with Gasteiger partial charge in [-0.2, -0.15) is 0 Å². The number of carboxylic acid groups (broad SMARTS) is 1. The summed E-state index contributed by atoms with van der Waals surface area (Å²) in [5.74, 6) is -0.878. The third-order valence-electron chi connectivity index (χ3n) is 4.15. The van der Waals surface area contributed by atoms with Crippen LogP contribution in [0.2, 0.25) is 0 Å². The summed E-state index contributed by atoms with van der Waals surface area (Å²) in [6, 6.07) is 12.8. The van der Waals surface area contributed by atoms with E-state index in [4.69, 9.17) is 15.3 Å². The molecule has 3 N–H and O–H groups in total. The van der Waals surface area contributed by atoms with E-state index >= 15 is 0 Å². The summed E-state index contributed by atoms with van der Waals surface area (Å²) in [6.07, 6.45) is 0.365. The monoisotopic (exact) mass is 366 g/mol. The molecule has 6 nitrogen and oxygen atoms in total. The predicted octanol–water partition coefficient (Wildman–Crippen LogP) is 3.67. The van der Waals surface area contributed by atoms with Crippen molar-refractivity contribution in [3.8, 4) is 10.6 Å². The van der Waals surface area contributed by atoms with Crippen LogP contribution in [0, 0.1) is 0 Å². The Hall–Kier alpha value is -3.19. The highest BCUT2D eigenvalue weighted by Gasteiger charge is 2.18. The Bertz CT molecular complexity index is 1180. The summed E-state index contributed by atoms with van der Waals surface area (Å²) in [7, 11) is 0. The lowest BCUT2D eigenvalue weighted by Crippen LogP contribution is -2.08. The number of carboxylic acids is 1. The zero-order valence-electron chi connectivity index (χ0n) is 13.6. The number of hydrogen-bond acceptors (Lipinski definition) is 6. The Balaban J connectivity index is 1.84. The molecule has 0 aliphatic carbocycles. The molecule has 130 valence electrons. The molecule has 0 spiro atoms. The lowest BCUT2D eigenvalue weighted by atomic mass is 10.1. The number of rotatable bonds is 4. The number of nitrogens with two attached hydrogens (primary N) is 1. The van der Waals surface area contributed by atoms with E-state index in [9.17, 15) is 9.59 Å². The molecular weight excluding hydrogens is 352 g/mol. The van der Waals surface area contributed by atoms with Gasteiger partial charge in [0.2, 0.25) is 0 Å². The largest absolute Gasteiger partial charge is 0.481 e. The van der Waals surface area contributed by atoms with E-state index in [2.05, 4.69) is 4.98 Å². The standard InChI is InChI=1S/C19H14N2O4S/c20-17-11-7-5-10(6-8-15(22)23)9-13(11)25-19(24)16(17)18-21-12-3-1-2-4-14(12)26-18/h1-5,7,9H,6,8,20H2,(H,22,23). The summed E-state index contributed by atoms with van der Waals surface area (Å²) in [4.78, 5) is 27.7. The van der Waals surface area contributed by atoms with Crippen LogP contribution in [0.1, 0.15) is 12.0 Å². The number of carbonyl (C=O) groups is 1. The Morgan fingerprint density at radius 3 is 2.81 bits per heavy atom. The van der Waals surface area contributed by atoms with Crippen LogP contribution >= 0.6 is 11.3 Å². The second-order valence-electron chi connectivity index (χ2n) is 5.89. The normalized spacial score (nSPS) is 11.2. The van der Waals surface area contributed by atoms with Gasteiger partial charge in [-0.15, -0.1) is 11.3 Å². The number of nitrogen functional groups attached to an aromatic ring is 1. The summed E-state index contributed by atoms with van der Waals surface area (Å²) < 4.78 is 6.42. The molecule has 2 heterocycles. The molecule has 4 aromatic rings. The minimum absolute atomic E-state index is 0.00894. The highest BCUT2D eigenvalue weighted by molar-refractivity contribution is 7.21. The predicted molar refractivity (Wildman–Crippen MR) is 101 cm³/mol. The topological polar surface area (TPSA) is 106 Å². The molecule has 0 radical (unpaired) electrons. The van der Waals surface area contributed by atoms with Gasteiger partial charge in [0.15, 0.2) is 0 Å². The third kappa shape index (κ3) is 2.82. The van der Waals surface area contributed by atoms with Crippen molar-refractivity contribution < 1.29 is 14.3 Å². The number of benzene rings is 2. The third-order valence-corrected chi connectivity index (χ3v) is 5.20. The van der Waals surface area contributed by atoms with Gasteiger partial charge in [-0.1, -0.05) is 18.2 Å². The Morgan fingerprint density at radius 1 is 1.23 bits per heavy atom. The molecule has 4 rings (SSSR count). The molecule has 0 amide bonds. The van der Waals surface area contributed by atoms with E-state index in [-0.39, 0.29) is 12.0 Å². The number of fused-ring (bicyclic) bond motifs is 2. The molecule has 0 bridgehead atoms. The van der Waals surface area contributed by atoms with Crippen molar-refractivity contribution in [1.82, 2.24) is 4.98 Å². The Labute approximate surface area is 151 Å². The number of nitrogens with zero attached hydrogens (tertiary/aromatic N) is 1. The first-order valence-electron chi connectivity index (χ1n) is 7.96. The summed E-state index contributed by atoms with van der Waals surface area (Å²) >= 11 is 1.39. The maximum atomic E-state index is 12.5. The van der Waals surface area contributed by atoms with Gasteiger partial charge >= 0.3 is 11.6 Å². The molecule has 0 saturated carbocycles. The number of para-hydroxylation sites is 1. The van der Waals surface area contributed by atoms with Crippen molar-refractivity contribution in [2.45, 2.75) is 12.8 Å².